The van der Waals surface area contributed by atoms with Crippen LogP contribution in [0.4, 0.5) is 24.5 Å². The van der Waals surface area contributed by atoms with Gasteiger partial charge in [0.25, 0.3) is 5.69 Å². The quantitative estimate of drug-likeness (QED) is 0.527. The Kier molecular flexibility index (Phi) is 4.58. The molecule has 2 rings (SSSR count). The van der Waals surface area contributed by atoms with Gasteiger partial charge in [0.15, 0.2) is 0 Å². The number of rotatable bonds is 4. The minimum Gasteiger partial charge on any atom is -0.272 e. The van der Waals surface area contributed by atoms with Gasteiger partial charge in [0.1, 0.15) is 5.69 Å². The van der Waals surface area contributed by atoms with E-state index in [2.05, 4.69) is 15.5 Å². The van der Waals surface area contributed by atoms with Crippen molar-refractivity contribution in [3.63, 3.8) is 0 Å². The summed E-state index contributed by atoms with van der Waals surface area (Å²) in [6.45, 7) is 1.78. The van der Waals surface area contributed by atoms with E-state index in [0.717, 1.165) is 17.8 Å². The van der Waals surface area contributed by atoms with E-state index in [1.807, 2.05) is 0 Å². The summed E-state index contributed by atoms with van der Waals surface area (Å²) in [6.07, 6.45) is -3.34. The molecule has 0 atom stereocenters. The molecule has 1 heterocycles. The topological polar surface area (TPSA) is 80.4 Å². The highest BCUT2D eigenvalue weighted by Gasteiger charge is 2.33. The summed E-state index contributed by atoms with van der Waals surface area (Å²) in [6, 6.07) is 7.37. The van der Waals surface area contributed by atoms with E-state index in [1.54, 1.807) is 25.1 Å². The number of aryl methyl sites for hydroxylation is 1. The van der Waals surface area contributed by atoms with Crippen LogP contribution in [0, 0.1) is 17.0 Å². The van der Waals surface area contributed by atoms with Crippen molar-refractivity contribution in [2.75, 3.05) is 5.43 Å². The Hall–Kier alpha value is -2.97. The number of halogens is 3. The number of pyridine rings is 1. The van der Waals surface area contributed by atoms with E-state index in [4.69, 9.17) is 0 Å². The smallest absolute Gasteiger partial charge is 0.272 e. The molecule has 0 saturated carbocycles. The van der Waals surface area contributed by atoms with Crippen LogP contribution in [0.3, 0.4) is 0 Å². The molecule has 0 aliphatic carbocycles. The molecule has 2 aromatic rings. The highest BCUT2D eigenvalue weighted by atomic mass is 19.4. The normalized spacial score (nSPS) is 11.7. The molecule has 0 saturated heterocycles. The lowest BCUT2D eigenvalue weighted by Crippen LogP contribution is -2.06. The van der Waals surface area contributed by atoms with Gasteiger partial charge in [-0.15, -0.1) is 0 Å². The van der Waals surface area contributed by atoms with Crippen LogP contribution in [0.5, 0.6) is 0 Å². The number of anilines is 1. The van der Waals surface area contributed by atoms with Crippen molar-refractivity contribution in [2.45, 2.75) is 13.1 Å². The van der Waals surface area contributed by atoms with Crippen LogP contribution in [0.1, 0.15) is 17.0 Å². The zero-order valence-electron chi connectivity index (χ0n) is 11.8. The maximum absolute atomic E-state index is 12.6. The second kappa shape index (κ2) is 6.42. The lowest BCUT2D eigenvalue weighted by molar-refractivity contribution is -0.384. The van der Waals surface area contributed by atoms with E-state index in [9.17, 15) is 23.3 Å². The number of nitrogens with zero attached hydrogens (tertiary/aromatic N) is 3. The Morgan fingerprint density at radius 1 is 1.30 bits per heavy atom. The highest BCUT2D eigenvalue weighted by molar-refractivity contribution is 5.78. The van der Waals surface area contributed by atoms with Crippen LogP contribution in [0.25, 0.3) is 0 Å². The van der Waals surface area contributed by atoms with Crippen LogP contribution in [-0.2, 0) is 6.18 Å². The number of nitrogens with one attached hydrogen (secondary N) is 1. The Labute approximate surface area is 128 Å². The fraction of sp³-hybridized carbons (Fsp3) is 0.143. The van der Waals surface area contributed by atoms with Crippen molar-refractivity contribution in [1.29, 1.82) is 0 Å². The number of alkyl halides is 3. The monoisotopic (exact) mass is 324 g/mol. The van der Waals surface area contributed by atoms with Gasteiger partial charge >= 0.3 is 6.18 Å². The molecule has 0 aliphatic rings. The van der Waals surface area contributed by atoms with Crippen molar-refractivity contribution in [2.24, 2.45) is 5.10 Å². The maximum atomic E-state index is 12.6. The summed E-state index contributed by atoms with van der Waals surface area (Å²) < 4.78 is 37.8. The molecule has 9 heteroatoms. The number of nitro groups is 1. The molecule has 0 aliphatic heterocycles. The van der Waals surface area contributed by atoms with E-state index < -0.39 is 22.4 Å². The Morgan fingerprint density at radius 3 is 2.65 bits per heavy atom. The van der Waals surface area contributed by atoms with E-state index >= 15 is 0 Å². The van der Waals surface area contributed by atoms with Crippen molar-refractivity contribution in [3.8, 4) is 0 Å². The summed E-state index contributed by atoms with van der Waals surface area (Å²) in [4.78, 5) is 14.1. The molecule has 1 N–H and O–H groups in total. The predicted molar refractivity (Wildman–Crippen MR) is 78.3 cm³/mol. The predicted octanol–water partition coefficient (Wildman–Crippen LogP) is 3.76. The fourth-order valence-corrected chi connectivity index (χ4v) is 1.76. The molecule has 0 bridgehead atoms. The van der Waals surface area contributed by atoms with Crippen molar-refractivity contribution >= 4 is 17.6 Å². The van der Waals surface area contributed by atoms with Crippen LogP contribution >= 0.6 is 0 Å². The van der Waals surface area contributed by atoms with Gasteiger partial charge in [-0.05, 0) is 31.2 Å². The number of hydrogen-bond acceptors (Lipinski definition) is 5. The summed E-state index contributed by atoms with van der Waals surface area (Å²) >= 11 is 0. The molecule has 0 unspecified atom stereocenters. The maximum Gasteiger partial charge on any atom is 0.416 e. The Bertz CT molecular complexity index is 760. The highest BCUT2D eigenvalue weighted by Crippen LogP contribution is 2.34. The van der Waals surface area contributed by atoms with Gasteiger partial charge in [-0.1, -0.05) is 6.07 Å². The van der Waals surface area contributed by atoms with Gasteiger partial charge < -0.3 is 0 Å². The molecule has 1 aromatic heterocycles. The largest absolute Gasteiger partial charge is 0.416 e. The van der Waals surface area contributed by atoms with Crippen LogP contribution in [-0.4, -0.2) is 16.1 Å². The van der Waals surface area contributed by atoms with Crippen LogP contribution in [0.2, 0.25) is 0 Å². The van der Waals surface area contributed by atoms with Crippen molar-refractivity contribution in [3.05, 3.63) is 63.5 Å². The van der Waals surface area contributed by atoms with E-state index in [1.165, 1.54) is 6.21 Å². The van der Waals surface area contributed by atoms with E-state index in [0.29, 0.717) is 11.8 Å². The van der Waals surface area contributed by atoms with Gasteiger partial charge in [0.2, 0.25) is 0 Å². The molecule has 0 amide bonds. The first-order valence-corrected chi connectivity index (χ1v) is 6.36. The first kappa shape index (κ1) is 16.4. The second-order valence-electron chi connectivity index (χ2n) is 4.56. The number of hydrazone groups is 1. The molecule has 0 radical (unpaired) electrons. The van der Waals surface area contributed by atoms with Gasteiger partial charge in [-0.3, -0.25) is 20.5 Å². The third-order valence-corrected chi connectivity index (χ3v) is 2.81. The number of nitro benzene ring substituents is 1. The second-order valence-corrected chi connectivity index (χ2v) is 4.56. The van der Waals surface area contributed by atoms with Gasteiger partial charge in [0.05, 0.1) is 22.4 Å². The summed E-state index contributed by atoms with van der Waals surface area (Å²) in [5.41, 5.74) is 1.67. The Morgan fingerprint density at radius 2 is 2.04 bits per heavy atom. The standard InChI is InChI=1S/C14H11F3N4O2/c1-9-3-2-4-11(19-9)8-18-20-12-6-5-10(14(15,16)17)7-13(12)21(22)23/h2-8,20H,1H3/b18-8+. The SMILES string of the molecule is Cc1cccc(/C=N/Nc2ccc(C(F)(F)F)cc2[N+](=O)[O-])n1. The number of aromatic nitrogens is 1. The van der Waals surface area contributed by atoms with Gasteiger partial charge in [0, 0.05) is 11.8 Å². The van der Waals surface area contributed by atoms with Gasteiger partial charge in [-0.2, -0.15) is 18.3 Å². The first-order valence-electron chi connectivity index (χ1n) is 6.36. The van der Waals surface area contributed by atoms with Gasteiger partial charge in [-0.25, -0.2) is 0 Å². The molecule has 0 spiro atoms. The molecule has 23 heavy (non-hydrogen) atoms. The molecule has 6 nitrogen and oxygen atoms in total. The van der Waals surface area contributed by atoms with Crippen LogP contribution in [0.15, 0.2) is 41.5 Å². The summed E-state index contributed by atoms with van der Waals surface area (Å²) in [7, 11) is 0. The number of hydrogen-bond donors (Lipinski definition) is 1. The van der Waals surface area contributed by atoms with Crippen molar-refractivity contribution in [1.82, 2.24) is 4.98 Å². The third-order valence-electron chi connectivity index (χ3n) is 2.81. The fourth-order valence-electron chi connectivity index (χ4n) is 1.76. The minimum atomic E-state index is -4.65. The molecule has 1 aromatic carbocycles. The zero-order valence-corrected chi connectivity index (χ0v) is 11.8. The lowest BCUT2D eigenvalue weighted by atomic mass is 10.1. The summed E-state index contributed by atoms with van der Waals surface area (Å²) in [5.74, 6) is 0. The molecule has 0 fully saturated rings. The minimum absolute atomic E-state index is 0.146. The average Bonchev–Trinajstić information content (AvgIpc) is 2.46. The summed E-state index contributed by atoms with van der Waals surface area (Å²) in [5, 5.41) is 14.7. The Balaban J connectivity index is 2.24. The van der Waals surface area contributed by atoms with Crippen molar-refractivity contribution < 1.29 is 18.1 Å². The van der Waals surface area contributed by atoms with E-state index in [-0.39, 0.29) is 5.69 Å². The molecular formula is C14H11F3N4O2. The molecular weight excluding hydrogens is 313 g/mol. The third kappa shape index (κ3) is 4.25. The number of benzene rings is 1. The average molecular weight is 324 g/mol. The lowest BCUT2D eigenvalue weighted by Gasteiger charge is -2.08. The van der Waals surface area contributed by atoms with Crippen LogP contribution < -0.4 is 5.43 Å². The molecule has 120 valence electrons. The first-order chi connectivity index (χ1) is 10.8. The zero-order chi connectivity index (χ0) is 17.0.